The van der Waals surface area contributed by atoms with Gasteiger partial charge in [0.25, 0.3) is 0 Å². The molecule has 1 aromatic rings. The molecule has 1 aromatic heterocycles. The van der Waals surface area contributed by atoms with E-state index in [0.717, 1.165) is 25.2 Å². The third-order valence-electron chi connectivity index (χ3n) is 4.44. The van der Waals surface area contributed by atoms with Crippen LogP contribution in [0.3, 0.4) is 0 Å². The summed E-state index contributed by atoms with van der Waals surface area (Å²) in [6, 6.07) is 0.0257. The van der Waals surface area contributed by atoms with Crippen molar-refractivity contribution in [1.29, 1.82) is 0 Å². The van der Waals surface area contributed by atoms with Crippen LogP contribution >= 0.6 is 0 Å². The van der Waals surface area contributed by atoms with Crippen LogP contribution in [0.2, 0.25) is 0 Å². The van der Waals surface area contributed by atoms with Crippen LogP contribution in [0.25, 0.3) is 0 Å². The smallest absolute Gasteiger partial charge is 0.318 e. The molecular formula is C14H20N4O3. The molecule has 2 amide bonds. The minimum absolute atomic E-state index is 0.0666. The normalized spacial score (nSPS) is 25.2. The van der Waals surface area contributed by atoms with Crippen LogP contribution < -0.4 is 5.32 Å². The van der Waals surface area contributed by atoms with Gasteiger partial charge in [-0.25, -0.2) is 9.78 Å². The molecule has 0 saturated heterocycles. The zero-order valence-electron chi connectivity index (χ0n) is 11.9. The summed E-state index contributed by atoms with van der Waals surface area (Å²) in [7, 11) is 0. The zero-order chi connectivity index (χ0) is 14.8. The van der Waals surface area contributed by atoms with Crippen molar-refractivity contribution in [3.63, 3.8) is 0 Å². The number of hydrogen-bond acceptors (Lipinski definition) is 3. The number of amides is 2. The molecule has 7 nitrogen and oxygen atoms in total. The fraction of sp³-hybridized carbons (Fsp3) is 0.643. The number of nitrogens with one attached hydrogen (secondary N) is 1. The lowest BCUT2D eigenvalue weighted by Crippen LogP contribution is -2.48. The molecule has 0 aromatic carbocycles. The lowest BCUT2D eigenvalue weighted by atomic mass is 9.86. The maximum Gasteiger partial charge on any atom is 0.318 e. The number of aromatic nitrogens is 2. The van der Waals surface area contributed by atoms with Crippen molar-refractivity contribution in [3.8, 4) is 0 Å². The lowest BCUT2D eigenvalue weighted by Gasteiger charge is -2.32. The standard InChI is InChI=1S/C14H20N4O3/c19-13(20)10-1-3-11(4-2-10)16-14(21)18-8-7-17-6-5-15-12(17)9-18/h5-6,10-11H,1-4,7-9H2,(H,16,21)(H,19,20). The number of carboxylic acid groups (broad SMARTS) is 1. The predicted octanol–water partition coefficient (Wildman–Crippen LogP) is 1.05. The Labute approximate surface area is 122 Å². The van der Waals surface area contributed by atoms with E-state index in [-0.39, 0.29) is 18.0 Å². The van der Waals surface area contributed by atoms with Gasteiger partial charge in [-0.2, -0.15) is 0 Å². The second kappa shape index (κ2) is 5.75. The van der Waals surface area contributed by atoms with E-state index < -0.39 is 5.97 Å². The summed E-state index contributed by atoms with van der Waals surface area (Å²) < 4.78 is 2.06. The summed E-state index contributed by atoms with van der Waals surface area (Å²) in [5.74, 6) is -0.0609. The first-order chi connectivity index (χ1) is 10.1. The second-order valence-electron chi connectivity index (χ2n) is 5.79. The minimum atomic E-state index is -0.720. The first-order valence-electron chi connectivity index (χ1n) is 7.41. The van der Waals surface area contributed by atoms with Crippen LogP contribution in [0.15, 0.2) is 12.4 Å². The highest BCUT2D eigenvalue weighted by Gasteiger charge is 2.28. The van der Waals surface area contributed by atoms with Crippen molar-refractivity contribution >= 4 is 12.0 Å². The summed E-state index contributed by atoms with van der Waals surface area (Å²) in [4.78, 5) is 29.2. The van der Waals surface area contributed by atoms with Crippen molar-refractivity contribution in [2.75, 3.05) is 6.54 Å². The van der Waals surface area contributed by atoms with Crippen LogP contribution in [-0.2, 0) is 17.9 Å². The van der Waals surface area contributed by atoms with E-state index in [4.69, 9.17) is 5.11 Å². The average molecular weight is 292 g/mol. The fourth-order valence-electron chi connectivity index (χ4n) is 3.10. The molecule has 3 rings (SSSR count). The van der Waals surface area contributed by atoms with Gasteiger partial charge in [-0.3, -0.25) is 4.79 Å². The SMILES string of the molecule is O=C(O)C1CCC(NC(=O)N2CCn3ccnc3C2)CC1. The third-order valence-corrected chi connectivity index (χ3v) is 4.44. The Morgan fingerprint density at radius 3 is 2.71 bits per heavy atom. The number of rotatable bonds is 2. The zero-order valence-corrected chi connectivity index (χ0v) is 11.9. The molecule has 7 heteroatoms. The largest absolute Gasteiger partial charge is 0.481 e. The predicted molar refractivity (Wildman–Crippen MR) is 74.6 cm³/mol. The Hall–Kier alpha value is -2.05. The molecule has 1 aliphatic heterocycles. The van der Waals surface area contributed by atoms with Crippen molar-refractivity contribution < 1.29 is 14.7 Å². The van der Waals surface area contributed by atoms with Crippen molar-refractivity contribution in [1.82, 2.24) is 19.8 Å². The van der Waals surface area contributed by atoms with Gasteiger partial charge in [-0.05, 0) is 25.7 Å². The molecule has 1 aliphatic carbocycles. The van der Waals surface area contributed by atoms with Gasteiger partial charge in [-0.15, -0.1) is 0 Å². The number of hydrogen-bond donors (Lipinski definition) is 2. The van der Waals surface area contributed by atoms with Crippen LogP contribution in [0.5, 0.6) is 0 Å². The molecule has 1 fully saturated rings. The molecule has 21 heavy (non-hydrogen) atoms. The molecule has 114 valence electrons. The second-order valence-corrected chi connectivity index (χ2v) is 5.79. The molecule has 1 saturated carbocycles. The number of aliphatic carboxylic acids is 1. The van der Waals surface area contributed by atoms with Crippen LogP contribution in [-0.4, -0.2) is 44.1 Å². The summed E-state index contributed by atoms with van der Waals surface area (Å²) in [5.41, 5.74) is 0. The fourth-order valence-corrected chi connectivity index (χ4v) is 3.10. The Bertz CT molecular complexity index is 534. The first-order valence-corrected chi connectivity index (χ1v) is 7.41. The topological polar surface area (TPSA) is 87.5 Å². The van der Waals surface area contributed by atoms with E-state index in [0.29, 0.717) is 25.9 Å². The first kappa shape index (κ1) is 13.9. The maximum absolute atomic E-state index is 12.3. The van der Waals surface area contributed by atoms with Crippen LogP contribution in [0.4, 0.5) is 4.79 Å². The number of imidazole rings is 1. The van der Waals surface area contributed by atoms with E-state index in [1.165, 1.54) is 0 Å². The van der Waals surface area contributed by atoms with Gasteiger partial charge in [0.1, 0.15) is 5.82 Å². The molecule has 2 heterocycles. The summed E-state index contributed by atoms with van der Waals surface area (Å²) in [6.45, 7) is 1.98. The lowest BCUT2D eigenvalue weighted by molar-refractivity contribution is -0.142. The number of carbonyl (C=O) groups is 2. The van der Waals surface area contributed by atoms with Gasteiger partial charge >= 0.3 is 12.0 Å². The summed E-state index contributed by atoms with van der Waals surface area (Å²) in [5, 5.41) is 12.0. The Balaban J connectivity index is 1.50. The highest BCUT2D eigenvalue weighted by Crippen LogP contribution is 2.24. The Morgan fingerprint density at radius 1 is 1.24 bits per heavy atom. The van der Waals surface area contributed by atoms with Gasteiger partial charge in [0.15, 0.2) is 0 Å². The average Bonchev–Trinajstić information content (AvgIpc) is 2.95. The number of fused-ring (bicyclic) bond motifs is 1. The van der Waals surface area contributed by atoms with E-state index >= 15 is 0 Å². The molecule has 0 bridgehead atoms. The quantitative estimate of drug-likeness (QED) is 0.853. The van der Waals surface area contributed by atoms with Crippen molar-refractivity contribution in [2.24, 2.45) is 5.92 Å². The molecular weight excluding hydrogens is 272 g/mol. The van der Waals surface area contributed by atoms with Gasteiger partial charge in [0.2, 0.25) is 0 Å². The van der Waals surface area contributed by atoms with Crippen LogP contribution in [0, 0.1) is 5.92 Å². The van der Waals surface area contributed by atoms with Crippen LogP contribution in [0.1, 0.15) is 31.5 Å². The van der Waals surface area contributed by atoms with E-state index in [9.17, 15) is 9.59 Å². The molecule has 0 unspecified atom stereocenters. The van der Waals surface area contributed by atoms with Gasteiger partial charge in [0.05, 0.1) is 12.5 Å². The highest BCUT2D eigenvalue weighted by atomic mass is 16.4. The number of carbonyl (C=O) groups excluding carboxylic acids is 1. The third kappa shape index (κ3) is 3.01. The van der Waals surface area contributed by atoms with Crippen molar-refractivity contribution in [3.05, 3.63) is 18.2 Å². The number of carboxylic acids is 1. The Morgan fingerprint density at radius 2 is 2.00 bits per heavy atom. The van der Waals surface area contributed by atoms with Gasteiger partial charge < -0.3 is 19.9 Å². The summed E-state index contributed by atoms with van der Waals surface area (Å²) >= 11 is 0. The Kier molecular flexibility index (Phi) is 3.81. The molecule has 2 aliphatic rings. The summed E-state index contributed by atoms with van der Waals surface area (Å²) in [6.07, 6.45) is 6.45. The molecule has 2 N–H and O–H groups in total. The maximum atomic E-state index is 12.3. The van der Waals surface area contributed by atoms with Gasteiger partial charge in [-0.1, -0.05) is 0 Å². The highest BCUT2D eigenvalue weighted by molar-refractivity contribution is 5.74. The minimum Gasteiger partial charge on any atom is -0.481 e. The monoisotopic (exact) mass is 292 g/mol. The number of nitrogens with zero attached hydrogens (tertiary/aromatic N) is 3. The molecule has 0 atom stereocenters. The van der Waals surface area contributed by atoms with Gasteiger partial charge in [0, 0.05) is 31.5 Å². The molecule has 0 spiro atoms. The van der Waals surface area contributed by atoms with E-state index in [1.54, 1.807) is 11.1 Å². The van der Waals surface area contributed by atoms with E-state index in [2.05, 4.69) is 14.9 Å². The van der Waals surface area contributed by atoms with Crippen molar-refractivity contribution in [2.45, 2.75) is 44.8 Å². The molecule has 0 radical (unpaired) electrons. The number of urea groups is 1. The van der Waals surface area contributed by atoms with E-state index in [1.807, 2.05) is 6.20 Å².